The summed E-state index contributed by atoms with van der Waals surface area (Å²) in [5, 5.41) is 2.54. The van der Waals surface area contributed by atoms with Crippen molar-refractivity contribution in [2.24, 2.45) is 0 Å². The van der Waals surface area contributed by atoms with Crippen molar-refractivity contribution in [3.63, 3.8) is 0 Å². The molecule has 1 amide bonds. The van der Waals surface area contributed by atoms with Gasteiger partial charge in [0, 0.05) is 0 Å². The number of hydrogen-bond acceptors (Lipinski definition) is 8. The van der Waals surface area contributed by atoms with Gasteiger partial charge < -0.3 is 19.0 Å². The van der Waals surface area contributed by atoms with Crippen molar-refractivity contribution in [1.82, 2.24) is 5.32 Å². The third-order valence-corrected chi connectivity index (χ3v) is 6.17. The van der Waals surface area contributed by atoms with Crippen LogP contribution < -0.4 is 19.0 Å². The fourth-order valence-corrected chi connectivity index (χ4v) is 4.42. The molecule has 29 heavy (non-hydrogen) atoms. The second-order valence-corrected chi connectivity index (χ2v) is 8.97. The summed E-state index contributed by atoms with van der Waals surface area (Å²) in [6.45, 7) is 2.07. The predicted octanol–water partition coefficient (Wildman–Crippen LogP) is 3.35. The van der Waals surface area contributed by atoms with Gasteiger partial charge >= 0.3 is 10.1 Å². The van der Waals surface area contributed by atoms with Crippen LogP contribution in [0, 0.1) is 0 Å². The molecule has 0 aliphatic carbocycles. The van der Waals surface area contributed by atoms with E-state index in [0.717, 1.165) is 11.8 Å². The molecule has 0 spiro atoms. The van der Waals surface area contributed by atoms with E-state index in [1.807, 2.05) is 0 Å². The Bertz CT molecular complexity index is 1080. The van der Waals surface area contributed by atoms with Crippen LogP contribution in [0.1, 0.15) is 12.5 Å². The molecule has 2 aromatic carbocycles. The van der Waals surface area contributed by atoms with Crippen molar-refractivity contribution in [2.75, 3.05) is 13.7 Å². The summed E-state index contributed by atoms with van der Waals surface area (Å²) in [4.78, 5) is 12.3. The Morgan fingerprint density at radius 2 is 1.86 bits per heavy atom. The fourth-order valence-electron chi connectivity index (χ4n) is 2.43. The molecule has 10 heteroatoms. The summed E-state index contributed by atoms with van der Waals surface area (Å²) in [6.07, 6.45) is 1.64. The van der Waals surface area contributed by atoms with Gasteiger partial charge in [-0.1, -0.05) is 30.0 Å². The van der Waals surface area contributed by atoms with Gasteiger partial charge in [-0.15, -0.1) is 0 Å². The largest absolute Gasteiger partial charge is 0.497 e. The van der Waals surface area contributed by atoms with Crippen molar-refractivity contribution >= 4 is 50.4 Å². The Morgan fingerprint density at radius 1 is 1.14 bits per heavy atom. The molecule has 0 unspecified atom stereocenters. The third-order valence-electron chi connectivity index (χ3n) is 3.76. The maximum Gasteiger partial charge on any atom is 0.339 e. The molecule has 0 bridgehead atoms. The highest BCUT2D eigenvalue weighted by Gasteiger charge is 2.23. The number of thiocarbonyl (C=S) groups is 1. The van der Waals surface area contributed by atoms with E-state index in [2.05, 4.69) is 5.32 Å². The second-order valence-electron chi connectivity index (χ2n) is 5.70. The molecule has 1 heterocycles. The molecule has 3 rings (SSSR count). The van der Waals surface area contributed by atoms with Crippen LogP contribution in [0.15, 0.2) is 52.3 Å². The number of rotatable bonds is 7. The highest BCUT2D eigenvalue weighted by atomic mass is 32.2. The molecule has 1 N–H and O–H groups in total. The molecule has 0 aromatic heterocycles. The molecule has 152 valence electrons. The summed E-state index contributed by atoms with van der Waals surface area (Å²) in [5.41, 5.74) is 0.644. The van der Waals surface area contributed by atoms with Crippen LogP contribution in [-0.2, 0) is 14.9 Å². The summed E-state index contributed by atoms with van der Waals surface area (Å²) >= 11 is 6.13. The minimum Gasteiger partial charge on any atom is -0.497 e. The van der Waals surface area contributed by atoms with Crippen LogP contribution in [0.25, 0.3) is 6.08 Å². The van der Waals surface area contributed by atoms with Crippen LogP contribution >= 0.6 is 24.0 Å². The number of carbonyl (C=O) groups is 1. The summed E-state index contributed by atoms with van der Waals surface area (Å²) < 4.78 is 41.4. The molecular weight excluding hydrogens is 434 g/mol. The lowest BCUT2D eigenvalue weighted by Crippen LogP contribution is -2.17. The van der Waals surface area contributed by atoms with Gasteiger partial charge in [-0.05, 0) is 55.0 Å². The van der Waals surface area contributed by atoms with Crippen molar-refractivity contribution in [1.29, 1.82) is 0 Å². The van der Waals surface area contributed by atoms with Crippen molar-refractivity contribution in [3.8, 4) is 17.2 Å². The van der Waals surface area contributed by atoms with E-state index in [9.17, 15) is 13.2 Å². The quantitative estimate of drug-likeness (QED) is 0.389. The zero-order valence-electron chi connectivity index (χ0n) is 15.5. The fraction of sp³-hybridized carbons (Fsp3) is 0.158. The normalized spacial score (nSPS) is 15.3. The number of benzene rings is 2. The lowest BCUT2D eigenvalue weighted by Gasteiger charge is -2.13. The van der Waals surface area contributed by atoms with Gasteiger partial charge in [-0.25, -0.2) is 0 Å². The predicted molar refractivity (Wildman–Crippen MR) is 115 cm³/mol. The highest BCUT2D eigenvalue weighted by molar-refractivity contribution is 8.26. The number of ether oxygens (including phenoxy) is 2. The lowest BCUT2D eigenvalue weighted by molar-refractivity contribution is -0.115. The van der Waals surface area contributed by atoms with Gasteiger partial charge in [0.25, 0.3) is 5.91 Å². The van der Waals surface area contributed by atoms with Crippen LogP contribution in [0.3, 0.4) is 0 Å². The van der Waals surface area contributed by atoms with E-state index in [-0.39, 0.29) is 22.3 Å². The van der Waals surface area contributed by atoms with E-state index in [0.29, 0.717) is 27.1 Å². The Morgan fingerprint density at radius 3 is 2.45 bits per heavy atom. The number of amides is 1. The van der Waals surface area contributed by atoms with Gasteiger partial charge in [0.15, 0.2) is 11.5 Å². The van der Waals surface area contributed by atoms with Gasteiger partial charge in [-0.2, -0.15) is 8.42 Å². The second kappa shape index (κ2) is 8.85. The zero-order valence-corrected chi connectivity index (χ0v) is 17.9. The van der Waals surface area contributed by atoms with Crippen LogP contribution in [0.5, 0.6) is 17.2 Å². The number of methoxy groups -OCH3 is 1. The molecule has 0 saturated carbocycles. The molecule has 2 aromatic rings. The Balaban J connectivity index is 1.89. The molecule has 7 nitrogen and oxygen atoms in total. The third kappa shape index (κ3) is 5.08. The summed E-state index contributed by atoms with van der Waals surface area (Å²) in [7, 11) is -2.57. The van der Waals surface area contributed by atoms with E-state index < -0.39 is 10.1 Å². The van der Waals surface area contributed by atoms with Crippen LogP contribution in [0.4, 0.5) is 0 Å². The standard InChI is InChI=1S/C19H17NO6S3/c1-3-25-16-10-12(11-17-18(21)20-19(27)28-17)4-9-15(16)26-29(22,23)14-7-5-13(24-2)6-8-14/h4-11H,3H2,1-2H3,(H,20,21,27)/b17-11-. The molecule has 1 aliphatic rings. The maximum atomic E-state index is 12.6. The van der Waals surface area contributed by atoms with E-state index in [4.69, 9.17) is 25.9 Å². The topological polar surface area (TPSA) is 90.9 Å². The van der Waals surface area contributed by atoms with Crippen LogP contribution in [0.2, 0.25) is 0 Å². The van der Waals surface area contributed by atoms with Gasteiger partial charge in [-0.3, -0.25) is 4.79 Å². The van der Waals surface area contributed by atoms with Crippen molar-refractivity contribution in [2.45, 2.75) is 11.8 Å². The van der Waals surface area contributed by atoms with Gasteiger partial charge in [0.2, 0.25) is 0 Å². The first kappa shape index (κ1) is 21.2. The summed E-state index contributed by atoms with van der Waals surface area (Å²) in [5.74, 6) is 0.541. The highest BCUT2D eigenvalue weighted by Crippen LogP contribution is 2.33. The van der Waals surface area contributed by atoms with E-state index in [1.165, 1.54) is 37.4 Å². The monoisotopic (exact) mass is 451 g/mol. The Labute approximate surface area is 178 Å². The van der Waals surface area contributed by atoms with E-state index in [1.54, 1.807) is 25.1 Å². The number of carbonyl (C=O) groups excluding carboxylic acids is 1. The first-order valence-corrected chi connectivity index (χ1v) is 11.1. The molecule has 0 atom stereocenters. The summed E-state index contributed by atoms with van der Waals surface area (Å²) in [6, 6.07) is 10.6. The molecule has 0 radical (unpaired) electrons. The Hall–Kier alpha value is -2.56. The molecular formula is C19H17NO6S3. The lowest BCUT2D eigenvalue weighted by atomic mass is 10.2. The van der Waals surface area contributed by atoms with E-state index >= 15 is 0 Å². The van der Waals surface area contributed by atoms with Gasteiger partial charge in [0.1, 0.15) is 15.0 Å². The van der Waals surface area contributed by atoms with Crippen molar-refractivity contribution in [3.05, 3.63) is 52.9 Å². The van der Waals surface area contributed by atoms with Gasteiger partial charge in [0.05, 0.1) is 18.6 Å². The first-order valence-electron chi connectivity index (χ1n) is 8.42. The van der Waals surface area contributed by atoms with Crippen LogP contribution in [-0.4, -0.2) is 32.4 Å². The first-order chi connectivity index (χ1) is 13.8. The maximum absolute atomic E-state index is 12.6. The minimum atomic E-state index is -4.07. The average molecular weight is 452 g/mol. The SMILES string of the molecule is CCOc1cc(/C=C2\SC(=S)NC2=O)ccc1OS(=O)(=O)c1ccc(OC)cc1. The van der Waals surface area contributed by atoms with Crippen molar-refractivity contribution < 1.29 is 26.9 Å². The minimum absolute atomic E-state index is 0.0144. The number of nitrogens with one attached hydrogen (secondary N) is 1. The molecule has 1 saturated heterocycles. The number of thioether (sulfide) groups is 1. The number of hydrogen-bond donors (Lipinski definition) is 1. The molecule has 1 fully saturated rings. The average Bonchev–Trinajstić information content (AvgIpc) is 3.01. The Kier molecular flexibility index (Phi) is 6.46. The molecule has 1 aliphatic heterocycles. The smallest absolute Gasteiger partial charge is 0.339 e. The zero-order chi connectivity index (χ0) is 21.0.